The topological polar surface area (TPSA) is 95.5 Å². The number of carbonyl (C=O) groups is 1. The number of carbonyl (C=O) groups excluding carboxylic acids is 1. The van der Waals surface area contributed by atoms with E-state index in [-0.39, 0.29) is 29.0 Å². The van der Waals surface area contributed by atoms with E-state index >= 15 is 0 Å². The Kier molecular flexibility index (Phi) is 5.29. The van der Waals surface area contributed by atoms with Crippen LogP contribution >= 0.6 is 0 Å². The number of anilines is 1. The number of aryl methyl sites for hydroxylation is 2. The number of sulfonamides is 1. The van der Waals surface area contributed by atoms with Crippen LogP contribution in [0.2, 0.25) is 0 Å². The van der Waals surface area contributed by atoms with Crippen molar-refractivity contribution in [3.05, 3.63) is 53.6 Å². The molecule has 0 heterocycles. The van der Waals surface area contributed by atoms with E-state index in [0.717, 1.165) is 24.0 Å². The van der Waals surface area contributed by atoms with Gasteiger partial charge in [0, 0.05) is 12.5 Å². The maximum Gasteiger partial charge on any atom is 0.240 e. The zero-order valence-corrected chi connectivity index (χ0v) is 15.3. The minimum absolute atomic E-state index is 0.0293. The summed E-state index contributed by atoms with van der Waals surface area (Å²) in [6.45, 7) is 1.88. The maximum atomic E-state index is 12.1. The van der Waals surface area contributed by atoms with Crippen molar-refractivity contribution in [3.63, 3.8) is 0 Å². The number of rotatable bonds is 7. The first-order valence-corrected chi connectivity index (χ1v) is 10.0. The summed E-state index contributed by atoms with van der Waals surface area (Å²) in [7, 11) is -3.45. The van der Waals surface area contributed by atoms with E-state index in [1.54, 1.807) is 42.5 Å². The lowest BCUT2D eigenvalue weighted by Gasteiger charge is -2.09. The van der Waals surface area contributed by atoms with E-state index in [0.29, 0.717) is 12.1 Å². The molecule has 0 spiro atoms. The zero-order chi connectivity index (χ0) is 18.7. The average molecular weight is 374 g/mol. The van der Waals surface area contributed by atoms with E-state index in [1.807, 2.05) is 6.92 Å². The quantitative estimate of drug-likeness (QED) is 0.649. The largest absolute Gasteiger partial charge is 0.506 e. The van der Waals surface area contributed by atoms with Gasteiger partial charge in [-0.15, -0.1) is 0 Å². The molecule has 0 aromatic heterocycles. The van der Waals surface area contributed by atoms with E-state index < -0.39 is 10.0 Å². The minimum atomic E-state index is -3.45. The first-order chi connectivity index (χ1) is 12.3. The molecule has 3 rings (SSSR count). The molecule has 0 atom stereocenters. The third kappa shape index (κ3) is 4.83. The molecule has 1 aliphatic rings. The highest BCUT2D eigenvalue weighted by atomic mass is 32.2. The number of phenolic OH excluding ortho intramolecular Hbond substituents is 1. The second kappa shape index (κ2) is 7.47. The molecule has 2 aromatic rings. The highest BCUT2D eigenvalue weighted by Gasteiger charge is 2.27. The fourth-order valence-corrected chi connectivity index (χ4v) is 3.85. The summed E-state index contributed by atoms with van der Waals surface area (Å²) in [5, 5.41) is 12.5. The number of hydrogen-bond donors (Lipinski definition) is 3. The van der Waals surface area contributed by atoms with Crippen molar-refractivity contribution < 1.29 is 18.3 Å². The van der Waals surface area contributed by atoms with Crippen molar-refractivity contribution in [1.29, 1.82) is 0 Å². The molecule has 0 radical (unpaired) electrons. The summed E-state index contributed by atoms with van der Waals surface area (Å²) in [6.07, 6.45) is 2.50. The lowest BCUT2D eigenvalue weighted by molar-refractivity contribution is -0.116. The van der Waals surface area contributed by atoms with Gasteiger partial charge in [-0.05, 0) is 61.6 Å². The van der Waals surface area contributed by atoms with Gasteiger partial charge < -0.3 is 10.4 Å². The van der Waals surface area contributed by atoms with Gasteiger partial charge >= 0.3 is 0 Å². The fourth-order valence-electron chi connectivity index (χ4n) is 2.54. The molecule has 2 aromatic carbocycles. The van der Waals surface area contributed by atoms with E-state index in [9.17, 15) is 18.3 Å². The summed E-state index contributed by atoms with van der Waals surface area (Å²) < 4.78 is 26.9. The van der Waals surface area contributed by atoms with Gasteiger partial charge in [0.25, 0.3) is 0 Å². The van der Waals surface area contributed by atoms with Gasteiger partial charge in [0.1, 0.15) is 5.75 Å². The molecule has 0 unspecified atom stereocenters. The Balaban J connectivity index is 1.56. The normalized spacial score (nSPS) is 14.2. The third-order valence-corrected chi connectivity index (χ3v) is 5.74. The lowest BCUT2D eigenvalue weighted by Crippen LogP contribution is -2.25. The van der Waals surface area contributed by atoms with Crippen molar-refractivity contribution in [2.45, 2.75) is 43.5 Å². The standard InChI is InChI=1S/C19H22N2O4S/c1-13-2-10-18(22)17(12-13)20-19(23)11-5-14-3-8-16(9-4-14)26(24,25)21-15-6-7-15/h2-4,8-10,12,15,21-22H,5-7,11H2,1H3,(H,20,23). The van der Waals surface area contributed by atoms with E-state index in [4.69, 9.17) is 0 Å². The van der Waals surface area contributed by atoms with Crippen LogP contribution in [0.25, 0.3) is 0 Å². The van der Waals surface area contributed by atoms with Gasteiger partial charge in [0.2, 0.25) is 15.9 Å². The summed E-state index contributed by atoms with van der Waals surface area (Å²) in [6, 6.07) is 11.6. The van der Waals surface area contributed by atoms with Crippen LogP contribution in [0.15, 0.2) is 47.4 Å². The van der Waals surface area contributed by atoms with Crippen molar-refractivity contribution in [3.8, 4) is 5.75 Å². The average Bonchev–Trinajstić information content (AvgIpc) is 3.40. The monoisotopic (exact) mass is 374 g/mol. The van der Waals surface area contributed by atoms with Crippen LogP contribution in [0.5, 0.6) is 5.75 Å². The molecule has 0 saturated heterocycles. The van der Waals surface area contributed by atoms with Crippen LogP contribution in [0.1, 0.15) is 30.4 Å². The highest BCUT2D eigenvalue weighted by Crippen LogP contribution is 2.24. The van der Waals surface area contributed by atoms with Crippen LogP contribution in [0, 0.1) is 6.92 Å². The Hall–Kier alpha value is -2.38. The van der Waals surface area contributed by atoms with Crippen molar-refractivity contribution in [2.75, 3.05) is 5.32 Å². The van der Waals surface area contributed by atoms with Crippen molar-refractivity contribution >= 4 is 21.6 Å². The third-order valence-electron chi connectivity index (χ3n) is 4.20. The Morgan fingerprint density at radius 3 is 2.50 bits per heavy atom. The number of hydrogen-bond acceptors (Lipinski definition) is 4. The van der Waals surface area contributed by atoms with Crippen LogP contribution in [0.3, 0.4) is 0 Å². The smallest absolute Gasteiger partial charge is 0.240 e. The number of aromatic hydroxyl groups is 1. The Morgan fingerprint density at radius 2 is 1.85 bits per heavy atom. The molecule has 0 aliphatic heterocycles. The molecule has 6 nitrogen and oxygen atoms in total. The van der Waals surface area contributed by atoms with Crippen LogP contribution in [-0.4, -0.2) is 25.5 Å². The number of phenols is 1. The van der Waals surface area contributed by atoms with Crippen molar-refractivity contribution in [2.24, 2.45) is 0 Å². The molecule has 7 heteroatoms. The summed E-state index contributed by atoms with van der Waals surface area (Å²) >= 11 is 0. The van der Waals surface area contributed by atoms with Gasteiger partial charge in [-0.1, -0.05) is 18.2 Å². The highest BCUT2D eigenvalue weighted by molar-refractivity contribution is 7.89. The van der Waals surface area contributed by atoms with Crippen LogP contribution < -0.4 is 10.0 Å². The molecule has 1 aliphatic carbocycles. The SMILES string of the molecule is Cc1ccc(O)c(NC(=O)CCc2ccc(S(=O)(=O)NC3CC3)cc2)c1. The van der Waals surface area contributed by atoms with Gasteiger partial charge in [-0.3, -0.25) is 4.79 Å². The van der Waals surface area contributed by atoms with Crippen LogP contribution in [0.4, 0.5) is 5.69 Å². The molecule has 1 fully saturated rings. The molecular formula is C19H22N2O4S. The fraction of sp³-hybridized carbons (Fsp3) is 0.316. The van der Waals surface area contributed by atoms with Gasteiger partial charge in [0.15, 0.2) is 0 Å². The number of nitrogens with one attached hydrogen (secondary N) is 2. The van der Waals surface area contributed by atoms with Crippen molar-refractivity contribution in [1.82, 2.24) is 4.72 Å². The van der Waals surface area contributed by atoms with E-state index in [1.165, 1.54) is 0 Å². The summed E-state index contributed by atoms with van der Waals surface area (Å²) in [5.41, 5.74) is 2.20. The zero-order valence-electron chi connectivity index (χ0n) is 14.5. The molecule has 138 valence electrons. The van der Waals surface area contributed by atoms with Crippen LogP contribution in [-0.2, 0) is 21.2 Å². The molecule has 3 N–H and O–H groups in total. The molecule has 1 amide bonds. The minimum Gasteiger partial charge on any atom is -0.506 e. The Morgan fingerprint density at radius 1 is 1.15 bits per heavy atom. The predicted octanol–water partition coefficient (Wildman–Crippen LogP) is 2.71. The Labute approximate surface area is 153 Å². The van der Waals surface area contributed by atoms with E-state index in [2.05, 4.69) is 10.0 Å². The second-order valence-electron chi connectivity index (χ2n) is 6.61. The lowest BCUT2D eigenvalue weighted by atomic mass is 10.1. The van der Waals surface area contributed by atoms with Gasteiger partial charge in [0.05, 0.1) is 10.6 Å². The Bertz CT molecular complexity index is 904. The second-order valence-corrected chi connectivity index (χ2v) is 8.32. The van der Waals surface area contributed by atoms with Gasteiger partial charge in [-0.2, -0.15) is 0 Å². The summed E-state index contributed by atoms with van der Waals surface area (Å²) in [4.78, 5) is 12.3. The maximum absolute atomic E-state index is 12.1. The number of benzene rings is 2. The first kappa shape index (κ1) is 18.4. The van der Waals surface area contributed by atoms with Gasteiger partial charge in [-0.25, -0.2) is 13.1 Å². The summed E-state index contributed by atoms with van der Waals surface area (Å²) in [5.74, 6) is -0.181. The number of amides is 1. The molecule has 1 saturated carbocycles. The molecule has 26 heavy (non-hydrogen) atoms. The molecular weight excluding hydrogens is 352 g/mol. The first-order valence-electron chi connectivity index (χ1n) is 8.54. The molecule has 0 bridgehead atoms. The predicted molar refractivity (Wildman–Crippen MR) is 99.6 cm³/mol.